The van der Waals surface area contributed by atoms with Crippen LogP contribution in [0.4, 0.5) is 0 Å². The lowest BCUT2D eigenvalue weighted by molar-refractivity contribution is -0.143. The number of hydrogen-bond acceptors (Lipinski definition) is 5. The first-order valence-electron chi connectivity index (χ1n) is 8.01. The predicted octanol–water partition coefficient (Wildman–Crippen LogP) is 1.50. The van der Waals surface area contributed by atoms with E-state index >= 15 is 0 Å². The minimum absolute atomic E-state index is 0.0220. The molecule has 1 atom stereocenters. The number of epoxide rings is 1. The van der Waals surface area contributed by atoms with Crippen LogP contribution < -0.4 is 0 Å². The van der Waals surface area contributed by atoms with E-state index < -0.39 is 11.6 Å². The maximum atomic E-state index is 12.7. The third-order valence-corrected chi connectivity index (χ3v) is 4.66. The van der Waals surface area contributed by atoms with Gasteiger partial charge in [0.05, 0.1) is 12.2 Å². The molecule has 1 saturated heterocycles. The average Bonchev–Trinajstić information content (AvgIpc) is 3.26. The highest BCUT2D eigenvalue weighted by Gasteiger charge is 2.56. The van der Waals surface area contributed by atoms with Gasteiger partial charge in [0.25, 0.3) is 11.8 Å². The number of hydrogen-bond donors (Lipinski definition) is 0. The van der Waals surface area contributed by atoms with Crippen LogP contribution >= 0.6 is 0 Å². The number of esters is 1. The van der Waals surface area contributed by atoms with Gasteiger partial charge in [-0.1, -0.05) is 25.8 Å². The Morgan fingerprint density at radius 2 is 2.04 bits per heavy atom. The van der Waals surface area contributed by atoms with Gasteiger partial charge in [0.2, 0.25) is 0 Å². The molecule has 0 N–H and O–H groups in total. The largest absolute Gasteiger partial charge is 0.459 e. The Bertz CT molecular complexity index is 596. The fourth-order valence-electron chi connectivity index (χ4n) is 3.21. The summed E-state index contributed by atoms with van der Waals surface area (Å²) in [5.41, 5.74) is -0.364. The minimum Gasteiger partial charge on any atom is -0.459 e. The van der Waals surface area contributed by atoms with Crippen LogP contribution in [0.3, 0.4) is 0 Å². The summed E-state index contributed by atoms with van der Waals surface area (Å²) < 4.78 is 10.5. The summed E-state index contributed by atoms with van der Waals surface area (Å²) in [6.45, 7) is 5.28. The summed E-state index contributed by atoms with van der Waals surface area (Å²) in [6.07, 6.45) is 6.29. The van der Waals surface area contributed by atoms with Gasteiger partial charge in [-0.25, -0.2) is 4.79 Å². The molecule has 1 aliphatic carbocycles. The van der Waals surface area contributed by atoms with Gasteiger partial charge in [-0.05, 0) is 19.8 Å². The summed E-state index contributed by atoms with van der Waals surface area (Å²) in [6, 6.07) is -0.0220. The monoisotopic (exact) mass is 319 g/mol. The summed E-state index contributed by atoms with van der Waals surface area (Å²) in [7, 11) is 0. The Labute approximate surface area is 135 Å². The number of nitrogens with zero attached hydrogens (tertiary/aromatic N) is 1. The van der Waals surface area contributed by atoms with E-state index in [1.54, 1.807) is 6.92 Å². The van der Waals surface area contributed by atoms with Gasteiger partial charge < -0.3 is 9.47 Å². The number of amides is 2. The highest BCUT2D eigenvalue weighted by molar-refractivity contribution is 6.17. The zero-order chi connectivity index (χ0) is 16.6. The molecule has 124 valence electrons. The van der Waals surface area contributed by atoms with E-state index in [0.717, 1.165) is 32.1 Å². The molecule has 0 aromatic rings. The van der Waals surface area contributed by atoms with E-state index in [-0.39, 0.29) is 36.6 Å². The number of imide groups is 1. The second-order valence-electron chi connectivity index (χ2n) is 6.50. The first-order chi connectivity index (χ1) is 10.9. The highest BCUT2D eigenvalue weighted by Crippen LogP contribution is 2.40. The molecule has 0 radical (unpaired) electrons. The van der Waals surface area contributed by atoms with Crippen LogP contribution in [0, 0.1) is 0 Å². The molecule has 2 amide bonds. The van der Waals surface area contributed by atoms with Crippen molar-refractivity contribution in [2.45, 2.75) is 50.7 Å². The quantitative estimate of drug-likeness (QED) is 0.332. The SMILES string of the molecule is C=C(C)C(=O)OCC1(C2=CC(=O)N(C3CCCCC3)C2=O)CO1. The highest BCUT2D eigenvalue weighted by atomic mass is 16.6. The molecule has 1 unspecified atom stereocenters. The molecule has 2 fully saturated rings. The fraction of sp³-hybridized carbons (Fsp3) is 0.588. The van der Waals surface area contributed by atoms with Crippen LogP contribution in [0.15, 0.2) is 23.8 Å². The number of ether oxygens (including phenoxy) is 2. The van der Waals surface area contributed by atoms with Crippen molar-refractivity contribution in [1.29, 1.82) is 0 Å². The molecular weight excluding hydrogens is 298 g/mol. The maximum absolute atomic E-state index is 12.7. The average molecular weight is 319 g/mol. The van der Waals surface area contributed by atoms with Crippen molar-refractivity contribution in [3.05, 3.63) is 23.8 Å². The van der Waals surface area contributed by atoms with E-state index in [1.165, 1.54) is 11.0 Å². The van der Waals surface area contributed by atoms with Gasteiger partial charge in [0, 0.05) is 17.7 Å². The molecule has 2 aliphatic heterocycles. The molecular formula is C17H21NO5. The van der Waals surface area contributed by atoms with Crippen LogP contribution in [0.2, 0.25) is 0 Å². The number of carbonyl (C=O) groups excluding carboxylic acids is 3. The second kappa shape index (κ2) is 5.92. The van der Waals surface area contributed by atoms with Crippen LogP contribution in [0.25, 0.3) is 0 Å². The molecule has 3 rings (SSSR count). The molecule has 23 heavy (non-hydrogen) atoms. The van der Waals surface area contributed by atoms with Crippen molar-refractivity contribution in [2.24, 2.45) is 0 Å². The normalized spacial score (nSPS) is 27.9. The molecule has 6 heteroatoms. The first-order valence-corrected chi connectivity index (χ1v) is 8.01. The summed E-state index contributed by atoms with van der Waals surface area (Å²) in [5, 5.41) is 0. The van der Waals surface area contributed by atoms with Crippen molar-refractivity contribution in [3.8, 4) is 0 Å². The van der Waals surface area contributed by atoms with E-state index in [0.29, 0.717) is 5.57 Å². The van der Waals surface area contributed by atoms with Gasteiger partial charge in [-0.2, -0.15) is 0 Å². The van der Waals surface area contributed by atoms with E-state index in [1.807, 2.05) is 0 Å². The van der Waals surface area contributed by atoms with Crippen molar-refractivity contribution >= 4 is 17.8 Å². The predicted molar refractivity (Wildman–Crippen MR) is 81.3 cm³/mol. The summed E-state index contributed by atoms with van der Waals surface area (Å²) >= 11 is 0. The van der Waals surface area contributed by atoms with Crippen LogP contribution in [-0.2, 0) is 23.9 Å². The van der Waals surface area contributed by atoms with E-state index in [2.05, 4.69) is 6.58 Å². The van der Waals surface area contributed by atoms with Crippen molar-refractivity contribution < 1.29 is 23.9 Å². The molecule has 0 aromatic carbocycles. The number of rotatable bonds is 5. The van der Waals surface area contributed by atoms with Gasteiger partial charge in [0.1, 0.15) is 6.61 Å². The van der Waals surface area contributed by atoms with Crippen molar-refractivity contribution in [3.63, 3.8) is 0 Å². The zero-order valence-corrected chi connectivity index (χ0v) is 13.3. The second-order valence-corrected chi connectivity index (χ2v) is 6.50. The van der Waals surface area contributed by atoms with Gasteiger partial charge in [-0.3, -0.25) is 14.5 Å². The zero-order valence-electron chi connectivity index (χ0n) is 13.3. The third-order valence-electron chi connectivity index (χ3n) is 4.66. The third kappa shape index (κ3) is 2.95. The Balaban J connectivity index is 1.69. The Kier molecular flexibility index (Phi) is 4.10. The smallest absolute Gasteiger partial charge is 0.333 e. The first kappa shape index (κ1) is 15.9. The minimum atomic E-state index is -0.957. The lowest BCUT2D eigenvalue weighted by atomic mass is 9.94. The Morgan fingerprint density at radius 1 is 1.39 bits per heavy atom. The molecule has 0 spiro atoms. The molecule has 1 saturated carbocycles. The standard InChI is InChI=1S/C17H21NO5/c1-11(2)16(21)22-9-17(10-23-17)13-8-14(19)18(15(13)20)12-6-4-3-5-7-12/h8,12H,1,3-7,9-10H2,2H3. The lowest BCUT2D eigenvalue weighted by Gasteiger charge is -2.30. The van der Waals surface area contributed by atoms with Crippen LogP contribution in [0.5, 0.6) is 0 Å². The molecule has 0 aromatic heterocycles. The molecule has 6 nitrogen and oxygen atoms in total. The molecule has 3 aliphatic rings. The van der Waals surface area contributed by atoms with Gasteiger partial charge in [0.15, 0.2) is 5.60 Å². The van der Waals surface area contributed by atoms with E-state index in [9.17, 15) is 14.4 Å². The Morgan fingerprint density at radius 3 is 2.61 bits per heavy atom. The maximum Gasteiger partial charge on any atom is 0.333 e. The molecule has 2 heterocycles. The van der Waals surface area contributed by atoms with Gasteiger partial charge in [-0.15, -0.1) is 0 Å². The van der Waals surface area contributed by atoms with Crippen LogP contribution in [0.1, 0.15) is 39.0 Å². The van der Waals surface area contributed by atoms with Gasteiger partial charge >= 0.3 is 5.97 Å². The number of carbonyl (C=O) groups is 3. The Hall–Kier alpha value is -1.95. The lowest BCUT2D eigenvalue weighted by Crippen LogP contribution is -2.43. The van der Waals surface area contributed by atoms with Crippen LogP contribution in [-0.4, -0.2) is 47.5 Å². The molecule has 0 bridgehead atoms. The summed E-state index contributed by atoms with van der Waals surface area (Å²) in [4.78, 5) is 37.8. The van der Waals surface area contributed by atoms with Crippen molar-refractivity contribution in [1.82, 2.24) is 4.90 Å². The van der Waals surface area contributed by atoms with E-state index in [4.69, 9.17) is 9.47 Å². The van der Waals surface area contributed by atoms with Crippen molar-refractivity contribution in [2.75, 3.05) is 13.2 Å². The topological polar surface area (TPSA) is 76.2 Å². The fourth-order valence-corrected chi connectivity index (χ4v) is 3.21. The summed E-state index contributed by atoms with van der Waals surface area (Å²) in [5.74, 6) is -1.11.